The van der Waals surface area contributed by atoms with E-state index in [9.17, 15) is 4.79 Å². The number of imidazole rings is 1. The van der Waals surface area contributed by atoms with Crippen molar-refractivity contribution in [3.05, 3.63) is 42.2 Å². The van der Waals surface area contributed by atoms with Crippen LogP contribution in [0.5, 0.6) is 0 Å². The lowest BCUT2D eigenvalue weighted by atomic mass is 10.0. The number of carbonyl (C=O) groups is 1. The smallest absolute Gasteiger partial charge is 0.251 e. The molecule has 5 nitrogen and oxygen atoms in total. The van der Waals surface area contributed by atoms with Crippen LogP contribution in [-0.2, 0) is 7.05 Å². The summed E-state index contributed by atoms with van der Waals surface area (Å²) in [6.45, 7) is 7.37. The lowest BCUT2D eigenvalue weighted by Crippen LogP contribution is -2.51. The number of rotatable bonds is 5. The molecule has 140 valence electrons. The van der Waals surface area contributed by atoms with E-state index in [0.29, 0.717) is 5.56 Å². The van der Waals surface area contributed by atoms with Crippen LogP contribution in [0.3, 0.4) is 0 Å². The second-order valence-electron chi connectivity index (χ2n) is 7.97. The van der Waals surface area contributed by atoms with Crippen LogP contribution < -0.4 is 5.32 Å². The standard InChI is InChI=1S/C21H30N4O/c1-21(2,16-25-12-6-4-5-7-13-25)23-20(26)18-10-8-9-17(15-18)19-22-11-14-24(19)3/h8-11,14-15H,4-7,12-13,16H2,1-3H3,(H,23,26). The van der Waals surface area contributed by atoms with Crippen LogP contribution in [0.15, 0.2) is 36.7 Å². The minimum Gasteiger partial charge on any atom is -0.346 e. The Bertz CT molecular complexity index is 742. The van der Waals surface area contributed by atoms with E-state index >= 15 is 0 Å². The first-order valence-electron chi connectivity index (χ1n) is 9.57. The summed E-state index contributed by atoms with van der Waals surface area (Å²) < 4.78 is 1.96. The van der Waals surface area contributed by atoms with Crippen molar-refractivity contribution in [1.29, 1.82) is 0 Å². The van der Waals surface area contributed by atoms with E-state index in [2.05, 4.69) is 29.0 Å². The van der Waals surface area contributed by atoms with Crippen molar-refractivity contribution < 1.29 is 4.79 Å². The Morgan fingerprint density at radius 1 is 1.19 bits per heavy atom. The highest BCUT2D eigenvalue weighted by Gasteiger charge is 2.25. The van der Waals surface area contributed by atoms with E-state index in [0.717, 1.165) is 31.0 Å². The van der Waals surface area contributed by atoms with Crippen LogP contribution in [0.1, 0.15) is 49.9 Å². The van der Waals surface area contributed by atoms with Crippen molar-refractivity contribution in [2.24, 2.45) is 7.05 Å². The van der Waals surface area contributed by atoms with Crippen LogP contribution in [0.2, 0.25) is 0 Å². The van der Waals surface area contributed by atoms with Crippen molar-refractivity contribution in [2.45, 2.75) is 45.1 Å². The quantitative estimate of drug-likeness (QED) is 0.894. The summed E-state index contributed by atoms with van der Waals surface area (Å²) in [5.41, 5.74) is 1.37. The molecule has 5 heteroatoms. The van der Waals surface area contributed by atoms with Crippen LogP contribution in [0.4, 0.5) is 0 Å². The summed E-state index contributed by atoms with van der Waals surface area (Å²) in [5, 5.41) is 3.22. The van der Waals surface area contributed by atoms with Crippen molar-refractivity contribution in [2.75, 3.05) is 19.6 Å². The Morgan fingerprint density at radius 3 is 2.58 bits per heavy atom. The molecule has 0 radical (unpaired) electrons. The molecule has 0 atom stereocenters. The summed E-state index contributed by atoms with van der Waals surface area (Å²) in [6, 6.07) is 7.69. The predicted molar refractivity (Wildman–Crippen MR) is 105 cm³/mol. The third-order valence-corrected chi connectivity index (χ3v) is 4.97. The maximum Gasteiger partial charge on any atom is 0.251 e. The lowest BCUT2D eigenvalue weighted by molar-refractivity contribution is 0.0888. The molecule has 0 bridgehead atoms. The minimum atomic E-state index is -0.263. The second-order valence-corrected chi connectivity index (χ2v) is 7.97. The van der Waals surface area contributed by atoms with Gasteiger partial charge in [0.1, 0.15) is 5.82 Å². The predicted octanol–water partition coefficient (Wildman–Crippen LogP) is 3.47. The summed E-state index contributed by atoms with van der Waals surface area (Å²) in [6.07, 6.45) is 8.84. The molecule has 1 N–H and O–H groups in total. The summed E-state index contributed by atoms with van der Waals surface area (Å²) in [7, 11) is 1.96. The van der Waals surface area contributed by atoms with Gasteiger partial charge >= 0.3 is 0 Å². The lowest BCUT2D eigenvalue weighted by Gasteiger charge is -2.33. The Kier molecular flexibility index (Phi) is 5.77. The fourth-order valence-electron chi connectivity index (χ4n) is 3.72. The molecule has 1 aliphatic rings. The normalized spacial score (nSPS) is 16.3. The molecule has 26 heavy (non-hydrogen) atoms. The maximum absolute atomic E-state index is 12.8. The van der Waals surface area contributed by atoms with Gasteiger partial charge in [-0.05, 0) is 51.9 Å². The van der Waals surface area contributed by atoms with Gasteiger partial charge in [0.2, 0.25) is 0 Å². The Hall–Kier alpha value is -2.14. The molecular weight excluding hydrogens is 324 g/mol. The number of likely N-dealkylation sites (tertiary alicyclic amines) is 1. The SMILES string of the molecule is Cn1ccnc1-c1cccc(C(=O)NC(C)(C)CN2CCCCCC2)c1. The Morgan fingerprint density at radius 2 is 1.92 bits per heavy atom. The number of benzene rings is 1. The molecule has 3 rings (SSSR count). The third kappa shape index (κ3) is 4.73. The van der Waals surface area contributed by atoms with E-state index in [1.807, 2.05) is 42.1 Å². The van der Waals surface area contributed by atoms with Gasteiger partial charge in [-0.3, -0.25) is 4.79 Å². The van der Waals surface area contributed by atoms with Gasteiger partial charge in [0.25, 0.3) is 5.91 Å². The van der Waals surface area contributed by atoms with Gasteiger partial charge in [-0.25, -0.2) is 4.98 Å². The van der Waals surface area contributed by atoms with Crippen LogP contribution in [-0.4, -0.2) is 45.5 Å². The van der Waals surface area contributed by atoms with Gasteiger partial charge in [0.15, 0.2) is 0 Å². The molecule has 1 aromatic heterocycles. The summed E-state index contributed by atoms with van der Waals surface area (Å²) in [4.78, 5) is 19.7. The fourth-order valence-corrected chi connectivity index (χ4v) is 3.72. The van der Waals surface area contributed by atoms with E-state index in [1.165, 1.54) is 25.7 Å². The Labute approximate surface area is 156 Å². The first kappa shape index (κ1) is 18.6. The maximum atomic E-state index is 12.8. The highest BCUT2D eigenvalue weighted by Crippen LogP contribution is 2.19. The second kappa shape index (κ2) is 8.04. The van der Waals surface area contributed by atoms with Gasteiger partial charge in [-0.15, -0.1) is 0 Å². The van der Waals surface area contributed by atoms with E-state index < -0.39 is 0 Å². The zero-order chi connectivity index (χ0) is 18.6. The van der Waals surface area contributed by atoms with E-state index in [1.54, 1.807) is 6.20 Å². The number of hydrogen-bond donors (Lipinski definition) is 1. The number of nitrogens with zero attached hydrogens (tertiary/aromatic N) is 3. The number of amides is 1. The molecule has 0 spiro atoms. The average Bonchev–Trinajstić information content (AvgIpc) is 2.86. The average molecular weight is 354 g/mol. The molecular formula is C21H30N4O. The first-order chi connectivity index (χ1) is 12.4. The van der Waals surface area contributed by atoms with Gasteiger partial charge in [0.05, 0.1) is 0 Å². The number of aromatic nitrogens is 2. The molecule has 1 fully saturated rings. The summed E-state index contributed by atoms with van der Waals surface area (Å²) in [5.74, 6) is 0.837. The topological polar surface area (TPSA) is 50.2 Å². The molecule has 2 heterocycles. The van der Waals surface area contributed by atoms with Gasteiger partial charge < -0.3 is 14.8 Å². The Balaban J connectivity index is 1.68. The van der Waals surface area contributed by atoms with Crippen LogP contribution in [0.25, 0.3) is 11.4 Å². The fraction of sp³-hybridized carbons (Fsp3) is 0.524. The first-order valence-corrected chi connectivity index (χ1v) is 9.57. The molecule has 1 amide bonds. The highest BCUT2D eigenvalue weighted by molar-refractivity contribution is 5.95. The van der Waals surface area contributed by atoms with E-state index in [-0.39, 0.29) is 11.4 Å². The van der Waals surface area contributed by atoms with Crippen molar-refractivity contribution >= 4 is 5.91 Å². The number of aryl methyl sites for hydroxylation is 1. The van der Waals surface area contributed by atoms with E-state index in [4.69, 9.17) is 0 Å². The van der Waals surface area contributed by atoms with Crippen LogP contribution >= 0.6 is 0 Å². The minimum absolute atomic E-state index is 0.0270. The zero-order valence-electron chi connectivity index (χ0n) is 16.2. The highest BCUT2D eigenvalue weighted by atomic mass is 16.1. The molecule has 1 aliphatic heterocycles. The van der Waals surface area contributed by atoms with Crippen LogP contribution in [0, 0.1) is 0 Å². The molecule has 0 unspecified atom stereocenters. The van der Waals surface area contributed by atoms with Gasteiger partial charge in [-0.2, -0.15) is 0 Å². The van der Waals surface area contributed by atoms with Gasteiger partial charge in [0, 0.05) is 42.7 Å². The third-order valence-electron chi connectivity index (χ3n) is 4.97. The zero-order valence-corrected chi connectivity index (χ0v) is 16.2. The molecule has 0 saturated carbocycles. The number of nitrogens with one attached hydrogen (secondary N) is 1. The number of hydrogen-bond acceptors (Lipinski definition) is 3. The van der Waals surface area contributed by atoms with Gasteiger partial charge in [-0.1, -0.05) is 25.0 Å². The van der Waals surface area contributed by atoms with Crippen molar-refractivity contribution in [3.63, 3.8) is 0 Å². The molecule has 0 aliphatic carbocycles. The molecule has 2 aromatic rings. The monoisotopic (exact) mass is 354 g/mol. The molecule has 1 aromatic carbocycles. The van der Waals surface area contributed by atoms with Crippen molar-refractivity contribution in [3.8, 4) is 11.4 Å². The number of carbonyl (C=O) groups excluding carboxylic acids is 1. The largest absolute Gasteiger partial charge is 0.346 e. The summed E-state index contributed by atoms with van der Waals surface area (Å²) >= 11 is 0. The van der Waals surface area contributed by atoms with Crippen molar-refractivity contribution in [1.82, 2.24) is 19.8 Å². The molecule has 1 saturated heterocycles.